The van der Waals surface area contributed by atoms with E-state index in [1.807, 2.05) is 0 Å². The zero-order chi connectivity index (χ0) is 17.1. The van der Waals surface area contributed by atoms with E-state index in [1.165, 1.54) is 0 Å². The number of esters is 2. The van der Waals surface area contributed by atoms with E-state index in [0.717, 1.165) is 12.2 Å². The molecule has 0 aliphatic carbocycles. The van der Waals surface area contributed by atoms with Gasteiger partial charge in [-0.15, -0.1) is 0 Å². The van der Waals surface area contributed by atoms with E-state index in [2.05, 4.69) is 10.1 Å². The average Bonchev–Trinajstić information content (AvgIpc) is 2.52. The van der Waals surface area contributed by atoms with Crippen LogP contribution in [0.5, 0.6) is 5.75 Å². The molecule has 0 aromatic heterocycles. The highest BCUT2D eigenvalue weighted by atomic mass is 16.6. The molecule has 0 heterocycles. The average molecular weight is 321 g/mol. The molecule has 7 nitrogen and oxygen atoms in total. The Labute approximate surface area is 134 Å². The van der Waals surface area contributed by atoms with Crippen molar-refractivity contribution in [2.75, 3.05) is 13.2 Å². The monoisotopic (exact) mass is 321 g/mol. The summed E-state index contributed by atoms with van der Waals surface area (Å²) in [7, 11) is 0. The molecule has 1 aromatic rings. The number of hydrogen-bond donors (Lipinski definition) is 1. The van der Waals surface area contributed by atoms with Gasteiger partial charge in [0.2, 0.25) is 0 Å². The minimum atomic E-state index is -0.705. The van der Waals surface area contributed by atoms with E-state index in [9.17, 15) is 14.4 Å². The second kappa shape index (κ2) is 9.99. The summed E-state index contributed by atoms with van der Waals surface area (Å²) >= 11 is 0. The fraction of sp³-hybridized carbons (Fsp3) is 0.312. The molecular weight excluding hydrogens is 302 g/mol. The molecule has 1 aromatic carbocycles. The molecule has 1 N–H and O–H groups in total. The van der Waals surface area contributed by atoms with Gasteiger partial charge >= 0.3 is 18.0 Å². The Morgan fingerprint density at radius 3 is 2.30 bits per heavy atom. The van der Waals surface area contributed by atoms with Crippen LogP contribution in [0.25, 0.3) is 0 Å². The van der Waals surface area contributed by atoms with Crippen LogP contribution in [0.15, 0.2) is 42.5 Å². The summed E-state index contributed by atoms with van der Waals surface area (Å²) in [5.41, 5.74) is 0. The van der Waals surface area contributed by atoms with Crippen molar-refractivity contribution in [2.45, 2.75) is 19.9 Å². The molecule has 0 bridgehead atoms. The standard InChI is InChI=1S/C16H19NO6/c1-3-21-14(18)9-10-15(19)22-11-12(2)17-16(20)23-13-7-5-4-6-8-13/h4-10,12H,3,11H2,1-2H3,(H,17,20)/b10-9+/t12-/m0/s1. The van der Waals surface area contributed by atoms with E-state index in [-0.39, 0.29) is 13.2 Å². The predicted molar refractivity (Wildman–Crippen MR) is 81.8 cm³/mol. The molecule has 1 amide bonds. The Morgan fingerprint density at radius 1 is 1.09 bits per heavy atom. The molecule has 0 saturated heterocycles. The third-order valence-electron chi connectivity index (χ3n) is 2.44. The van der Waals surface area contributed by atoms with Crippen LogP contribution < -0.4 is 10.1 Å². The summed E-state index contributed by atoms with van der Waals surface area (Å²) in [5.74, 6) is -0.920. The van der Waals surface area contributed by atoms with Crippen LogP contribution >= 0.6 is 0 Å². The van der Waals surface area contributed by atoms with Crippen molar-refractivity contribution >= 4 is 18.0 Å². The van der Waals surface area contributed by atoms with Crippen LogP contribution in [0.4, 0.5) is 4.79 Å². The van der Waals surface area contributed by atoms with Gasteiger partial charge < -0.3 is 19.5 Å². The minimum Gasteiger partial charge on any atom is -0.463 e. The van der Waals surface area contributed by atoms with Crippen molar-refractivity contribution in [1.29, 1.82) is 0 Å². The second-order valence-electron chi connectivity index (χ2n) is 4.46. The number of amides is 1. The summed E-state index contributed by atoms with van der Waals surface area (Å²) in [5, 5.41) is 2.51. The van der Waals surface area contributed by atoms with Crippen LogP contribution in [0.1, 0.15) is 13.8 Å². The Kier molecular flexibility index (Phi) is 7.91. The summed E-state index contributed by atoms with van der Waals surface area (Å²) in [6.07, 6.45) is 1.29. The molecule has 1 atom stereocenters. The lowest BCUT2D eigenvalue weighted by Crippen LogP contribution is -2.38. The van der Waals surface area contributed by atoms with Gasteiger partial charge in [-0.1, -0.05) is 18.2 Å². The first-order valence-corrected chi connectivity index (χ1v) is 7.06. The summed E-state index contributed by atoms with van der Waals surface area (Å²) in [6.45, 7) is 3.47. The molecule has 0 radical (unpaired) electrons. The van der Waals surface area contributed by atoms with Gasteiger partial charge in [-0.3, -0.25) is 0 Å². The maximum atomic E-state index is 11.6. The van der Waals surface area contributed by atoms with Crippen molar-refractivity contribution in [1.82, 2.24) is 5.32 Å². The van der Waals surface area contributed by atoms with E-state index in [4.69, 9.17) is 9.47 Å². The first-order valence-electron chi connectivity index (χ1n) is 7.06. The van der Waals surface area contributed by atoms with Gasteiger partial charge in [-0.2, -0.15) is 0 Å². The topological polar surface area (TPSA) is 90.9 Å². The van der Waals surface area contributed by atoms with Crippen LogP contribution in [-0.4, -0.2) is 37.3 Å². The molecule has 23 heavy (non-hydrogen) atoms. The lowest BCUT2D eigenvalue weighted by atomic mass is 10.3. The first-order chi connectivity index (χ1) is 11.0. The predicted octanol–water partition coefficient (Wildman–Crippen LogP) is 1.83. The van der Waals surface area contributed by atoms with Crippen LogP contribution in [0, 0.1) is 0 Å². The van der Waals surface area contributed by atoms with Gasteiger partial charge in [0.05, 0.1) is 12.6 Å². The Bertz CT molecular complexity index is 555. The van der Waals surface area contributed by atoms with Crippen LogP contribution in [0.2, 0.25) is 0 Å². The zero-order valence-electron chi connectivity index (χ0n) is 13.0. The lowest BCUT2D eigenvalue weighted by Gasteiger charge is -2.13. The van der Waals surface area contributed by atoms with Gasteiger partial charge in [0.1, 0.15) is 12.4 Å². The number of ether oxygens (including phenoxy) is 3. The van der Waals surface area contributed by atoms with Crippen molar-refractivity contribution in [3.63, 3.8) is 0 Å². The van der Waals surface area contributed by atoms with Gasteiger partial charge in [-0.25, -0.2) is 14.4 Å². The van der Waals surface area contributed by atoms with Crippen LogP contribution in [-0.2, 0) is 19.1 Å². The third kappa shape index (κ3) is 8.25. The minimum absolute atomic E-state index is 0.0596. The van der Waals surface area contributed by atoms with Crippen molar-refractivity contribution in [3.05, 3.63) is 42.5 Å². The molecule has 0 fully saturated rings. The number of carbonyl (C=O) groups excluding carboxylic acids is 3. The zero-order valence-corrected chi connectivity index (χ0v) is 13.0. The highest BCUT2D eigenvalue weighted by Crippen LogP contribution is 2.08. The first kappa shape index (κ1) is 18.2. The largest absolute Gasteiger partial charge is 0.463 e. The molecular formula is C16H19NO6. The van der Waals surface area contributed by atoms with E-state index in [0.29, 0.717) is 5.75 Å². The molecule has 0 spiro atoms. The van der Waals surface area contributed by atoms with E-state index in [1.54, 1.807) is 44.2 Å². The maximum Gasteiger partial charge on any atom is 0.412 e. The van der Waals surface area contributed by atoms with Gasteiger partial charge in [0.15, 0.2) is 0 Å². The number of rotatable bonds is 7. The van der Waals surface area contributed by atoms with Gasteiger partial charge in [-0.05, 0) is 26.0 Å². The highest BCUT2D eigenvalue weighted by Gasteiger charge is 2.11. The number of nitrogens with one attached hydrogen (secondary N) is 1. The summed E-state index contributed by atoms with van der Waals surface area (Å²) in [4.78, 5) is 34.0. The summed E-state index contributed by atoms with van der Waals surface area (Å²) < 4.78 is 14.5. The third-order valence-corrected chi connectivity index (χ3v) is 2.44. The Hall–Kier alpha value is -2.83. The molecule has 0 saturated carbocycles. The smallest absolute Gasteiger partial charge is 0.412 e. The number of carbonyl (C=O) groups is 3. The Morgan fingerprint density at radius 2 is 1.70 bits per heavy atom. The number of para-hydroxylation sites is 1. The highest BCUT2D eigenvalue weighted by molar-refractivity contribution is 5.91. The quantitative estimate of drug-likeness (QED) is 0.608. The molecule has 124 valence electrons. The van der Waals surface area contributed by atoms with Gasteiger partial charge in [0.25, 0.3) is 0 Å². The van der Waals surface area contributed by atoms with Crippen molar-refractivity contribution < 1.29 is 28.6 Å². The molecule has 1 rings (SSSR count). The van der Waals surface area contributed by atoms with Gasteiger partial charge in [0, 0.05) is 12.2 Å². The lowest BCUT2D eigenvalue weighted by molar-refractivity contribution is -0.140. The Balaban J connectivity index is 2.28. The normalized spacial score (nSPS) is 11.6. The second-order valence-corrected chi connectivity index (χ2v) is 4.46. The molecule has 0 aliphatic heterocycles. The number of hydrogen-bond acceptors (Lipinski definition) is 6. The van der Waals surface area contributed by atoms with Crippen LogP contribution in [0.3, 0.4) is 0 Å². The molecule has 0 aliphatic rings. The maximum absolute atomic E-state index is 11.6. The van der Waals surface area contributed by atoms with E-state index >= 15 is 0 Å². The SMILES string of the molecule is CCOC(=O)/C=C/C(=O)OC[C@H](C)NC(=O)Oc1ccccc1. The molecule has 0 unspecified atom stereocenters. The fourth-order valence-corrected chi connectivity index (χ4v) is 1.45. The molecule has 7 heteroatoms. The van der Waals surface area contributed by atoms with Crippen molar-refractivity contribution in [3.8, 4) is 5.75 Å². The number of benzene rings is 1. The fourth-order valence-electron chi connectivity index (χ4n) is 1.45. The summed E-state index contributed by atoms with van der Waals surface area (Å²) in [6, 6.07) is 8.12. The van der Waals surface area contributed by atoms with Crippen molar-refractivity contribution in [2.24, 2.45) is 0 Å². The van der Waals surface area contributed by atoms with E-state index < -0.39 is 24.1 Å².